The summed E-state index contributed by atoms with van der Waals surface area (Å²) >= 11 is 1.19. The van der Waals surface area contributed by atoms with E-state index >= 15 is 0 Å². The fourth-order valence-corrected chi connectivity index (χ4v) is 4.95. The van der Waals surface area contributed by atoms with Crippen molar-refractivity contribution in [3.05, 3.63) is 52.0 Å². The third-order valence-corrected chi connectivity index (χ3v) is 6.81. The number of hydrogen-bond acceptors (Lipinski definition) is 6. The summed E-state index contributed by atoms with van der Waals surface area (Å²) in [6.45, 7) is 2.22. The minimum atomic E-state index is -1.15. The largest absolute Gasteiger partial charge is 0.397 e. The number of amides is 1. The van der Waals surface area contributed by atoms with Gasteiger partial charge in [0.05, 0.1) is 24.0 Å². The molecule has 32 heavy (non-hydrogen) atoms. The summed E-state index contributed by atoms with van der Waals surface area (Å²) in [5.41, 5.74) is 7.44. The van der Waals surface area contributed by atoms with Gasteiger partial charge in [-0.3, -0.25) is 4.79 Å². The molecule has 0 aliphatic carbocycles. The summed E-state index contributed by atoms with van der Waals surface area (Å²) in [6.07, 6.45) is -1.06. The van der Waals surface area contributed by atoms with E-state index in [0.717, 1.165) is 17.8 Å². The number of nitrogen functional groups attached to an aromatic ring is 1. The van der Waals surface area contributed by atoms with Crippen LogP contribution in [0.25, 0.3) is 10.2 Å². The molecule has 3 aromatic rings. The van der Waals surface area contributed by atoms with Crippen LogP contribution in [0, 0.1) is 18.6 Å². The molecule has 170 valence electrons. The van der Waals surface area contributed by atoms with Crippen LogP contribution in [0.3, 0.4) is 0 Å². The Labute approximate surface area is 187 Å². The monoisotopic (exact) mass is 463 g/mol. The highest BCUT2D eigenvalue weighted by Gasteiger charge is 2.33. The van der Waals surface area contributed by atoms with E-state index in [1.807, 2.05) is 19.1 Å². The predicted octanol–water partition coefficient (Wildman–Crippen LogP) is 3.18. The van der Waals surface area contributed by atoms with Crippen molar-refractivity contribution in [1.29, 1.82) is 0 Å². The maximum absolute atomic E-state index is 14.6. The van der Waals surface area contributed by atoms with E-state index in [-0.39, 0.29) is 43.2 Å². The molecular weight excluding hydrogens is 439 g/mol. The molecule has 1 fully saturated rings. The molecule has 1 aromatic carbocycles. The third-order valence-electron chi connectivity index (χ3n) is 5.69. The maximum atomic E-state index is 14.6. The molecule has 3 heterocycles. The number of benzene rings is 1. The summed E-state index contributed by atoms with van der Waals surface area (Å²) in [5.74, 6) is -1.60. The number of nitrogens with zero attached hydrogens (tertiary/aromatic N) is 2. The van der Waals surface area contributed by atoms with E-state index in [0.29, 0.717) is 20.8 Å². The number of fused-ring (bicyclic) bond motifs is 1. The summed E-state index contributed by atoms with van der Waals surface area (Å²) in [6, 6.07) is 5.42. The number of rotatable bonds is 6. The first-order chi connectivity index (χ1) is 15.3. The molecule has 1 saturated heterocycles. The zero-order chi connectivity index (χ0) is 23.0. The molecule has 6 nitrogen and oxygen atoms in total. The Bertz CT molecular complexity index is 1170. The Kier molecular flexibility index (Phi) is 6.25. The van der Waals surface area contributed by atoms with Crippen LogP contribution in [0.1, 0.15) is 20.9 Å². The molecule has 0 bridgehead atoms. The van der Waals surface area contributed by atoms with Gasteiger partial charge in [0, 0.05) is 30.2 Å². The normalized spacial score (nSPS) is 18.5. The average Bonchev–Trinajstić information content (AvgIpc) is 3.29. The lowest BCUT2D eigenvalue weighted by Crippen LogP contribution is -2.34. The number of carbonyl (C=O) groups excluding carboxylic acids is 1. The highest BCUT2D eigenvalue weighted by molar-refractivity contribution is 7.21. The number of aryl methyl sites for hydroxylation is 1. The minimum Gasteiger partial charge on any atom is -0.397 e. The van der Waals surface area contributed by atoms with Gasteiger partial charge in [0.25, 0.3) is 5.91 Å². The smallest absolute Gasteiger partial charge is 0.263 e. The molecular formula is C22H24F3N5OS. The van der Waals surface area contributed by atoms with Crippen LogP contribution < -0.4 is 21.3 Å². The molecule has 4 N–H and O–H groups in total. The summed E-state index contributed by atoms with van der Waals surface area (Å²) < 4.78 is 43.2. The van der Waals surface area contributed by atoms with Crippen LogP contribution in [-0.4, -0.2) is 49.8 Å². The minimum absolute atomic E-state index is 0.00222. The van der Waals surface area contributed by atoms with Crippen molar-refractivity contribution in [3.8, 4) is 0 Å². The van der Waals surface area contributed by atoms with E-state index < -0.39 is 23.8 Å². The quantitative estimate of drug-likeness (QED) is 0.523. The highest BCUT2D eigenvalue weighted by Crippen LogP contribution is 2.32. The first-order valence-corrected chi connectivity index (χ1v) is 11.1. The zero-order valence-electron chi connectivity index (χ0n) is 17.7. The van der Waals surface area contributed by atoms with Crippen LogP contribution >= 0.6 is 11.3 Å². The fourth-order valence-electron chi connectivity index (χ4n) is 3.89. The summed E-state index contributed by atoms with van der Waals surface area (Å²) in [4.78, 5) is 19.4. The van der Waals surface area contributed by atoms with Crippen molar-refractivity contribution in [2.75, 3.05) is 37.3 Å². The van der Waals surface area contributed by atoms with Gasteiger partial charge in [-0.05, 0) is 44.2 Å². The molecule has 0 saturated carbocycles. The predicted molar refractivity (Wildman–Crippen MR) is 121 cm³/mol. The van der Waals surface area contributed by atoms with Crippen molar-refractivity contribution in [2.45, 2.75) is 25.6 Å². The number of aromatic nitrogens is 1. The molecule has 2 atom stereocenters. The molecule has 0 radical (unpaired) electrons. The van der Waals surface area contributed by atoms with Crippen molar-refractivity contribution >= 4 is 38.8 Å². The van der Waals surface area contributed by atoms with E-state index in [1.54, 1.807) is 7.05 Å². The lowest BCUT2D eigenvalue weighted by molar-refractivity contribution is 0.0959. The Hall–Kier alpha value is -2.85. The Morgan fingerprint density at radius 3 is 2.78 bits per heavy atom. The van der Waals surface area contributed by atoms with Crippen LogP contribution in [0.5, 0.6) is 0 Å². The molecule has 1 aliphatic rings. The van der Waals surface area contributed by atoms with Crippen LogP contribution in [0.4, 0.5) is 24.5 Å². The van der Waals surface area contributed by atoms with E-state index in [2.05, 4.69) is 15.6 Å². The Balaban J connectivity index is 1.42. The zero-order valence-corrected chi connectivity index (χ0v) is 18.5. The van der Waals surface area contributed by atoms with Crippen molar-refractivity contribution in [2.24, 2.45) is 0 Å². The van der Waals surface area contributed by atoms with Crippen molar-refractivity contribution in [1.82, 2.24) is 15.6 Å². The molecule has 1 amide bonds. The molecule has 10 heteroatoms. The van der Waals surface area contributed by atoms with Gasteiger partial charge in [0.2, 0.25) is 0 Å². The number of hydrogen-bond donors (Lipinski definition) is 3. The van der Waals surface area contributed by atoms with Crippen molar-refractivity contribution < 1.29 is 18.0 Å². The van der Waals surface area contributed by atoms with E-state index in [1.165, 1.54) is 16.2 Å². The molecule has 0 spiro atoms. The number of thiophene rings is 1. The topological polar surface area (TPSA) is 83.3 Å². The van der Waals surface area contributed by atoms with Gasteiger partial charge in [-0.25, -0.2) is 18.2 Å². The highest BCUT2D eigenvalue weighted by atomic mass is 32.1. The number of anilines is 2. The number of pyridine rings is 1. The molecule has 0 unspecified atom stereocenters. The average molecular weight is 464 g/mol. The lowest BCUT2D eigenvalue weighted by Gasteiger charge is -2.20. The lowest BCUT2D eigenvalue weighted by atomic mass is 10.1. The SMILES string of the molecule is CN[C@H]1CN(c2cc(F)c(CCNC(=O)c3sc4nc(C)ccc4c3N)cc2F)C[C@@H]1F. The maximum Gasteiger partial charge on any atom is 0.263 e. The Morgan fingerprint density at radius 1 is 1.28 bits per heavy atom. The van der Waals surface area contributed by atoms with Crippen LogP contribution in [0.15, 0.2) is 24.3 Å². The number of nitrogens with one attached hydrogen (secondary N) is 2. The first-order valence-electron chi connectivity index (χ1n) is 10.3. The van der Waals surface area contributed by atoms with Gasteiger partial charge in [-0.15, -0.1) is 11.3 Å². The summed E-state index contributed by atoms with van der Waals surface area (Å²) in [5, 5.41) is 6.26. The van der Waals surface area contributed by atoms with Gasteiger partial charge in [-0.1, -0.05) is 0 Å². The first kappa shape index (κ1) is 22.3. The second kappa shape index (κ2) is 8.95. The van der Waals surface area contributed by atoms with Gasteiger partial charge in [0.1, 0.15) is 27.5 Å². The van der Waals surface area contributed by atoms with Crippen LogP contribution in [-0.2, 0) is 6.42 Å². The van der Waals surface area contributed by atoms with E-state index in [4.69, 9.17) is 5.73 Å². The molecule has 1 aliphatic heterocycles. The fraction of sp³-hybridized carbons (Fsp3) is 0.364. The number of carbonyl (C=O) groups is 1. The van der Waals surface area contributed by atoms with Crippen LogP contribution in [0.2, 0.25) is 0 Å². The third kappa shape index (κ3) is 4.24. The van der Waals surface area contributed by atoms with Gasteiger partial charge in [0.15, 0.2) is 0 Å². The summed E-state index contributed by atoms with van der Waals surface area (Å²) in [7, 11) is 1.64. The number of halogens is 3. The standard InChI is InChI=1S/C22H24F3N5OS/c1-11-3-4-13-19(26)20(32-22(13)29-11)21(31)28-6-5-12-7-15(24)18(8-14(12)23)30-9-16(25)17(10-30)27-2/h3-4,7-8,16-17,27H,5-6,9-10,26H2,1-2H3,(H,28,31)/t16-,17-/m0/s1. The number of nitrogens with two attached hydrogens (primary N) is 1. The van der Waals surface area contributed by atoms with E-state index in [9.17, 15) is 18.0 Å². The molecule has 2 aromatic heterocycles. The molecule has 4 rings (SSSR count). The number of likely N-dealkylation sites (N-methyl/N-ethyl adjacent to an activating group) is 1. The van der Waals surface area contributed by atoms with Gasteiger partial charge >= 0.3 is 0 Å². The van der Waals surface area contributed by atoms with Gasteiger partial charge in [-0.2, -0.15) is 0 Å². The van der Waals surface area contributed by atoms with Crippen molar-refractivity contribution in [3.63, 3.8) is 0 Å². The van der Waals surface area contributed by atoms with Gasteiger partial charge < -0.3 is 21.3 Å². The second-order valence-corrected chi connectivity index (χ2v) is 8.87. The number of alkyl halides is 1. The second-order valence-electron chi connectivity index (χ2n) is 7.87. The Morgan fingerprint density at radius 2 is 2.06 bits per heavy atom.